The zero-order valence-corrected chi connectivity index (χ0v) is 17.2. The number of nitrogens with zero attached hydrogens (tertiary/aromatic N) is 3. The van der Waals surface area contributed by atoms with Crippen LogP contribution in [0.1, 0.15) is 25.7 Å². The Kier molecular flexibility index (Phi) is 5.96. The fraction of sp³-hybridized carbons (Fsp3) is 0.526. The number of likely N-dealkylation sites (tertiary alicyclic amines) is 1. The molecule has 4 rings (SSSR count). The lowest BCUT2D eigenvalue weighted by molar-refractivity contribution is 0.0584. The van der Waals surface area contributed by atoms with E-state index in [-0.39, 0.29) is 11.0 Å². The number of sulfonamides is 1. The third kappa shape index (κ3) is 4.22. The smallest absolute Gasteiger partial charge is 0.273 e. The first-order chi connectivity index (χ1) is 13.5. The van der Waals surface area contributed by atoms with Crippen LogP contribution in [0.2, 0.25) is 0 Å². The van der Waals surface area contributed by atoms with Gasteiger partial charge in [-0.2, -0.15) is 4.31 Å². The molecule has 28 heavy (non-hydrogen) atoms. The fourth-order valence-corrected chi connectivity index (χ4v) is 6.10. The lowest BCUT2D eigenvalue weighted by Crippen LogP contribution is -2.50. The molecular weight excluding hydrogens is 401 g/mol. The maximum absolute atomic E-state index is 14.0. The Hall–Kier alpha value is -1.55. The molecule has 0 atom stereocenters. The van der Waals surface area contributed by atoms with Crippen molar-refractivity contribution in [3.05, 3.63) is 41.7 Å². The number of rotatable bonds is 5. The number of benzene rings is 1. The molecule has 0 spiro atoms. The van der Waals surface area contributed by atoms with Gasteiger partial charge in [-0.15, -0.1) is 0 Å². The molecule has 0 N–H and O–H groups in total. The van der Waals surface area contributed by atoms with Crippen LogP contribution in [0.25, 0.3) is 0 Å². The van der Waals surface area contributed by atoms with Gasteiger partial charge in [0.05, 0.1) is 0 Å². The summed E-state index contributed by atoms with van der Waals surface area (Å²) in [6, 6.07) is 5.96. The van der Waals surface area contributed by atoms with Crippen LogP contribution in [0.3, 0.4) is 0 Å². The van der Waals surface area contributed by atoms with Crippen molar-refractivity contribution in [3.63, 3.8) is 0 Å². The quantitative estimate of drug-likeness (QED) is 0.737. The summed E-state index contributed by atoms with van der Waals surface area (Å²) >= 11 is 1.51. The van der Waals surface area contributed by atoms with Gasteiger partial charge in [-0.3, -0.25) is 0 Å². The van der Waals surface area contributed by atoms with Gasteiger partial charge in [-0.1, -0.05) is 23.5 Å². The number of ether oxygens (including phenoxy) is 1. The van der Waals surface area contributed by atoms with Crippen LogP contribution in [0.15, 0.2) is 40.7 Å². The zero-order valence-electron chi connectivity index (χ0n) is 15.5. The van der Waals surface area contributed by atoms with Crippen LogP contribution < -0.4 is 4.74 Å². The zero-order chi connectivity index (χ0) is 19.6. The summed E-state index contributed by atoms with van der Waals surface area (Å²) in [6.45, 7) is 2.75. The molecule has 2 aromatic rings. The predicted octanol–water partition coefficient (Wildman–Crippen LogP) is 2.98. The Morgan fingerprint density at radius 3 is 2.43 bits per heavy atom. The monoisotopic (exact) mass is 425 g/mol. The van der Waals surface area contributed by atoms with Gasteiger partial charge in [-0.05, 0) is 37.8 Å². The molecule has 0 unspecified atom stereocenters. The molecule has 0 bridgehead atoms. The predicted molar refractivity (Wildman–Crippen MR) is 106 cm³/mol. The molecule has 6 nitrogen and oxygen atoms in total. The standard InChI is InChI=1S/C19H24FN3O3S2/c20-17-3-1-2-4-18(17)28(24,25)23-12-5-15(6-13-23)22-10-7-16(8-11-22)26-19-21-9-14-27-19/h1-4,9,14-16H,5-8,10-13H2. The summed E-state index contributed by atoms with van der Waals surface area (Å²) in [5, 5.41) is 2.64. The van der Waals surface area contributed by atoms with Gasteiger partial charge in [0.2, 0.25) is 10.0 Å². The minimum Gasteiger partial charge on any atom is -0.467 e. The molecule has 9 heteroatoms. The number of hydrogen-bond donors (Lipinski definition) is 0. The number of thiazole rings is 1. The second-order valence-corrected chi connectivity index (χ2v) is 9.98. The van der Waals surface area contributed by atoms with Crippen LogP contribution in [-0.4, -0.2) is 60.9 Å². The number of aromatic nitrogens is 1. The largest absolute Gasteiger partial charge is 0.467 e. The normalized spacial score (nSPS) is 21.0. The van der Waals surface area contributed by atoms with Crippen molar-refractivity contribution < 1.29 is 17.5 Å². The van der Waals surface area contributed by atoms with Gasteiger partial charge in [0.15, 0.2) is 0 Å². The molecule has 2 aliphatic rings. The van der Waals surface area contributed by atoms with Gasteiger partial charge in [0.25, 0.3) is 5.19 Å². The van der Waals surface area contributed by atoms with Gasteiger partial charge in [0.1, 0.15) is 16.8 Å². The minimum absolute atomic E-state index is 0.198. The van der Waals surface area contributed by atoms with Crippen LogP contribution in [0, 0.1) is 5.82 Å². The van der Waals surface area contributed by atoms with Crippen molar-refractivity contribution in [1.82, 2.24) is 14.2 Å². The van der Waals surface area contributed by atoms with E-state index in [0.29, 0.717) is 19.1 Å². The van der Waals surface area contributed by atoms with Gasteiger partial charge in [-0.25, -0.2) is 17.8 Å². The minimum atomic E-state index is -3.77. The maximum atomic E-state index is 14.0. The van der Waals surface area contributed by atoms with Crippen molar-refractivity contribution in [1.29, 1.82) is 0 Å². The number of halogens is 1. The summed E-state index contributed by atoms with van der Waals surface area (Å²) in [6.07, 6.45) is 5.39. The number of piperidine rings is 2. The summed E-state index contributed by atoms with van der Waals surface area (Å²) in [4.78, 5) is 6.39. The van der Waals surface area contributed by atoms with E-state index in [0.717, 1.165) is 44.0 Å². The third-order valence-corrected chi connectivity index (χ3v) is 8.14. The number of hydrogen-bond acceptors (Lipinski definition) is 6. The van der Waals surface area contributed by atoms with Crippen LogP contribution in [-0.2, 0) is 10.0 Å². The molecule has 3 heterocycles. The second kappa shape index (κ2) is 8.44. The van der Waals surface area contributed by atoms with Gasteiger partial charge >= 0.3 is 0 Å². The van der Waals surface area contributed by atoms with E-state index in [4.69, 9.17) is 4.74 Å². The van der Waals surface area contributed by atoms with E-state index in [1.54, 1.807) is 12.3 Å². The van der Waals surface area contributed by atoms with Crippen molar-refractivity contribution in [2.45, 2.75) is 42.7 Å². The van der Waals surface area contributed by atoms with E-state index >= 15 is 0 Å². The van der Waals surface area contributed by atoms with Gasteiger partial charge < -0.3 is 9.64 Å². The molecule has 152 valence electrons. The molecule has 0 saturated carbocycles. The molecule has 2 saturated heterocycles. The lowest BCUT2D eigenvalue weighted by Gasteiger charge is -2.41. The summed E-state index contributed by atoms with van der Waals surface area (Å²) in [5.41, 5.74) is 0. The highest BCUT2D eigenvalue weighted by atomic mass is 32.2. The second-order valence-electron chi connectivity index (χ2n) is 7.22. The van der Waals surface area contributed by atoms with Crippen molar-refractivity contribution in [2.75, 3.05) is 26.2 Å². The van der Waals surface area contributed by atoms with E-state index in [1.165, 1.54) is 33.8 Å². The third-order valence-electron chi connectivity index (χ3n) is 5.55. The molecule has 2 aliphatic heterocycles. The Morgan fingerprint density at radius 2 is 1.79 bits per heavy atom. The summed E-state index contributed by atoms with van der Waals surface area (Å²) in [5.74, 6) is -0.688. The van der Waals surface area contributed by atoms with Crippen LogP contribution >= 0.6 is 11.3 Å². The first kappa shape index (κ1) is 19.8. The molecule has 2 fully saturated rings. The van der Waals surface area contributed by atoms with Crippen LogP contribution in [0.5, 0.6) is 5.19 Å². The fourth-order valence-electron chi connectivity index (χ4n) is 4.01. The van der Waals surface area contributed by atoms with Crippen molar-refractivity contribution >= 4 is 21.4 Å². The van der Waals surface area contributed by atoms with E-state index in [2.05, 4.69) is 9.88 Å². The average molecular weight is 426 g/mol. The Labute approximate surface area is 169 Å². The lowest BCUT2D eigenvalue weighted by atomic mass is 10.00. The van der Waals surface area contributed by atoms with E-state index in [1.807, 2.05) is 5.38 Å². The van der Waals surface area contributed by atoms with Crippen LogP contribution in [0.4, 0.5) is 4.39 Å². The highest BCUT2D eigenvalue weighted by Gasteiger charge is 2.34. The Bertz CT molecular complexity index is 876. The summed E-state index contributed by atoms with van der Waals surface area (Å²) in [7, 11) is -3.77. The Morgan fingerprint density at radius 1 is 1.07 bits per heavy atom. The molecular formula is C19H24FN3O3S2. The molecule has 0 radical (unpaired) electrons. The topological polar surface area (TPSA) is 62.7 Å². The van der Waals surface area contributed by atoms with Crippen molar-refractivity contribution in [3.8, 4) is 5.19 Å². The average Bonchev–Trinajstić information content (AvgIpc) is 3.22. The SMILES string of the molecule is O=S(=O)(c1ccccc1F)N1CCC(N2CCC(Oc3nccs3)CC2)CC1. The van der Waals surface area contributed by atoms with E-state index < -0.39 is 15.8 Å². The van der Waals surface area contributed by atoms with Crippen molar-refractivity contribution in [2.24, 2.45) is 0 Å². The first-order valence-corrected chi connectivity index (χ1v) is 11.9. The van der Waals surface area contributed by atoms with E-state index in [9.17, 15) is 12.8 Å². The summed E-state index contributed by atoms with van der Waals surface area (Å²) < 4.78 is 46.8. The Balaban J connectivity index is 1.29. The maximum Gasteiger partial charge on any atom is 0.273 e. The first-order valence-electron chi connectivity index (χ1n) is 9.59. The highest BCUT2D eigenvalue weighted by molar-refractivity contribution is 7.89. The molecule has 0 amide bonds. The van der Waals surface area contributed by atoms with Gasteiger partial charge in [0, 0.05) is 43.8 Å². The molecule has 1 aromatic heterocycles. The molecule has 0 aliphatic carbocycles. The highest BCUT2D eigenvalue weighted by Crippen LogP contribution is 2.27. The molecule has 1 aromatic carbocycles.